The van der Waals surface area contributed by atoms with Gasteiger partial charge in [0, 0.05) is 37.1 Å². The van der Waals surface area contributed by atoms with Crippen molar-refractivity contribution in [2.75, 3.05) is 40.5 Å². The van der Waals surface area contributed by atoms with Crippen LogP contribution in [0.25, 0.3) is 10.6 Å². The number of aromatic nitrogens is 2. The number of hydrogen-bond acceptors (Lipinski definition) is 13. The van der Waals surface area contributed by atoms with E-state index in [0.717, 1.165) is 10.6 Å². The first kappa shape index (κ1) is 49.2. The summed E-state index contributed by atoms with van der Waals surface area (Å²) in [6, 6.07) is 10.8. The predicted molar refractivity (Wildman–Crippen MR) is 231 cm³/mol. The fourth-order valence-electron chi connectivity index (χ4n) is 6.96. The second-order valence-corrected chi connectivity index (χ2v) is 18.8. The van der Waals surface area contributed by atoms with Crippen molar-refractivity contribution in [3.05, 3.63) is 58.5 Å². The van der Waals surface area contributed by atoms with Gasteiger partial charge in [0.2, 0.25) is 23.6 Å². The fourth-order valence-corrected chi connectivity index (χ4v) is 7.98. The normalized spacial score (nSPS) is 19.6. The van der Waals surface area contributed by atoms with E-state index >= 15 is 0 Å². The Balaban J connectivity index is 0.000000275. The van der Waals surface area contributed by atoms with Gasteiger partial charge in [-0.05, 0) is 63.2 Å². The van der Waals surface area contributed by atoms with Crippen molar-refractivity contribution in [1.82, 2.24) is 30.4 Å². The Bertz CT molecular complexity index is 2040. The average molecular weight is 948 g/mol. The van der Waals surface area contributed by atoms with Gasteiger partial charge < -0.3 is 49.6 Å². The van der Waals surface area contributed by atoms with Crippen LogP contribution in [0.3, 0.4) is 0 Å². The number of pyridine rings is 2. The van der Waals surface area contributed by atoms with E-state index in [1.165, 1.54) is 24.0 Å². The van der Waals surface area contributed by atoms with Crippen LogP contribution in [0.15, 0.2) is 58.5 Å². The van der Waals surface area contributed by atoms with Crippen molar-refractivity contribution in [2.45, 2.75) is 78.6 Å². The van der Waals surface area contributed by atoms with E-state index in [9.17, 15) is 39.0 Å². The molecule has 2 saturated heterocycles. The Labute approximate surface area is 372 Å². The zero-order valence-corrected chi connectivity index (χ0v) is 38.4. The number of halogens is 1. The van der Waals surface area contributed by atoms with E-state index < -0.39 is 70.9 Å². The summed E-state index contributed by atoms with van der Waals surface area (Å²) in [4.78, 5) is 86.0. The fraction of sp³-hybridized carbons (Fsp3) is 0.524. The van der Waals surface area contributed by atoms with E-state index in [-0.39, 0.29) is 51.0 Å². The highest BCUT2D eigenvalue weighted by Gasteiger charge is 2.47. The van der Waals surface area contributed by atoms with Gasteiger partial charge in [0.25, 0.3) is 0 Å². The number of ether oxygens (including phenoxy) is 4. The number of methoxy groups -OCH3 is 2. The molecule has 20 heteroatoms. The number of alkyl carbamates (subject to hydrolysis) is 2. The van der Waals surface area contributed by atoms with Gasteiger partial charge in [0.15, 0.2) is 0 Å². The summed E-state index contributed by atoms with van der Waals surface area (Å²) in [5.74, 6) is -2.62. The molecule has 5 rings (SSSR count). The molecule has 2 fully saturated rings. The third kappa shape index (κ3) is 13.5. The van der Waals surface area contributed by atoms with Crippen LogP contribution in [0, 0.1) is 22.7 Å². The first-order chi connectivity index (χ1) is 29.1. The predicted octanol–water partition coefficient (Wildman–Crippen LogP) is 5.56. The zero-order chi connectivity index (χ0) is 45.9. The van der Waals surface area contributed by atoms with E-state index in [1.807, 2.05) is 29.6 Å². The van der Waals surface area contributed by atoms with Crippen LogP contribution >= 0.6 is 27.3 Å². The average Bonchev–Trinajstić information content (AvgIpc) is 4.00. The van der Waals surface area contributed by atoms with Gasteiger partial charge in [-0.15, -0.1) is 11.3 Å². The number of aliphatic carboxylic acids is 2. The highest BCUT2D eigenvalue weighted by molar-refractivity contribution is 9.10. The number of carbonyl (C=O) groups excluding carboxylic acids is 4. The molecule has 0 bridgehead atoms. The van der Waals surface area contributed by atoms with Crippen molar-refractivity contribution in [3.63, 3.8) is 0 Å². The minimum Gasteiger partial charge on any atom is -0.480 e. The molecule has 6 atom stereocenters. The van der Waals surface area contributed by atoms with E-state index in [1.54, 1.807) is 77.1 Å². The lowest BCUT2D eigenvalue weighted by Crippen LogP contribution is -2.56. The van der Waals surface area contributed by atoms with Crippen molar-refractivity contribution in [2.24, 2.45) is 22.7 Å². The quantitative estimate of drug-likeness (QED) is 0.154. The Kier molecular flexibility index (Phi) is 17.1. The number of thiophene rings is 1. The molecule has 2 aliphatic rings. The van der Waals surface area contributed by atoms with Crippen LogP contribution in [0.4, 0.5) is 9.59 Å². The van der Waals surface area contributed by atoms with Crippen molar-refractivity contribution in [3.8, 4) is 22.3 Å². The van der Waals surface area contributed by atoms with Gasteiger partial charge in [0.1, 0.15) is 28.8 Å². The minimum atomic E-state index is -1.09. The second-order valence-electron chi connectivity index (χ2n) is 17.0. The summed E-state index contributed by atoms with van der Waals surface area (Å²) >= 11 is 4.85. The Morgan fingerprint density at radius 1 is 0.726 bits per heavy atom. The molecule has 4 amide bonds. The molecule has 0 spiro atoms. The number of likely N-dealkylation sites (tertiary alicyclic amines) is 2. The molecular weight excluding hydrogens is 892 g/mol. The van der Waals surface area contributed by atoms with Crippen LogP contribution in [0.2, 0.25) is 0 Å². The summed E-state index contributed by atoms with van der Waals surface area (Å²) < 4.78 is 21.4. The number of nitrogens with one attached hydrogen (secondary N) is 2. The molecule has 3 aromatic heterocycles. The lowest BCUT2D eigenvalue weighted by molar-refractivity contribution is -0.150. The molecule has 62 heavy (non-hydrogen) atoms. The summed E-state index contributed by atoms with van der Waals surface area (Å²) in [5.41, 5.74) is -0.478. The van der Waals surface area contributed by atoms with Crippen LogP contribution in [0.1, 0.15) is 54.4 Å². The molecule has 4 N–H and O–H groups in total. The number of amides is 4. The number of hydrogen-bond donors (Lipinski definition) is 4. The lowest BCUT2D eigenvalue weighted by Gasteiger charge is -2.34. The van der Waals surface area contributed by atoms with Gasteiger partial charge in [-0.3, -0.25) is 9.59 Å². The van der Waals surface area contributed by atoms with Gasteiger partial charge in [-0.1, -0.05) is 59.7 Å². The SMILES string of the molecule is COC(=O)N[C@H](C(=O)N1C[C@H](COc2cccc(-c3cccs3)n2)C[C@H]1C(=O)O)C(C)(C)C.COC(=O)N[C@H](C(=O)N1C[C@H](COc2cccc(Br)n2)C[C@H]1C(=O)O)C(C)(C)C. The van der Waals surface area contributed by atoms with Gasteiger partial charge in [0.05, 0.1) is 38.0 Å². The van der Waals surface area contributed by atoms with Gasteiger partial charge in [-0.2, -0.15) is 0 Å². The van der Waals surface area contributed by atoms with E-state index in [0.29, 0.717) is 16.4 Å². The first-order valence-electron chi connectivity index (χ1n) is 19.8. The molecule has 338 valence electrons. The number of carboxylic acid groups (broad SMARTS) is 2. The molecule has 0 radical (unpaired) electrons. The van der Waals surface area contributed by atoms with Crippen LogP contribution in [-0.4, -0.2) is 131 Å². The summed E-state index contributed by atoms with van der Waals surface area (Å²) in [6.45, 7) is 11.6. The minimum absolute atomic E-state index is 0.181. The zero-order valence-electron chi connectivity index (χ0n) is 36.0. The molecule has 18 nitrogen and oxygen atoms in total. The lowest BCUT2D eigenvalue weighted by atomic mass is 9.85. The highest BCUT2D eigenvalue weighted by Crippen LogP contribution is 2.32. The molecule has 0 aliphatic carbocycles. The van der Waals surface area contributed by atoms with Crippen molar-refractivity contribution < 1.29 is 57.9 Å². The number of nitrogens with zero attached hydrogens (tertiary/aromatic N) is 4. The molecule has 0 aromatic carbocycles. The monoisotopic (exact) mass is 946 g/mol. The topological polar surface area (TPSA) is 236 Å². The summed E-state index contributed by atoms with van der Waals surface area (Å²) in [7, 11) is 2.42. The summed E-state index contributed by atoms with van der Waals surface area (Å²) in [6.07, 6.45) is -0.985. The molecule has 5 heterocycles. The number of carbonyl (C=O) groups is 6. The second kappa shape index (κ2) is 21.5. The van der Waals surface area contributed by atoms with Gasteiger partial charge >= 0.3 is 24.1 Å². The molecular formula is C42H55BrN6O12S. The van der Waals surface area contributed by atoms with Crippen LogP contribution < -0.4 is 20.1 Å². The molecule has 0 unspecified atom stereocenters. The number of rotatable bonds is 13. The standard InChI is InChI=1S/C23H29N3O6S.C19H26BrN3O6/c1-23(2,3)19(25-22(30)31-4)20(27)26-12-14(11-16(26)21(28)29)13-32-18-9-5-7-15(24-18)17-8-6-10-33-17;1-19(2,3)15(22-18(27)28-4)16(24)23-9-11(8-12(23)17(25)26)10-29-14-7-5-6-13(20)21-14/h5-10,14,16,19H,11-13H2,1-4H3,(H,25,30)(H,28,29);5-7,11-12,15H,8-10H2,1-4H3,(H,22,27)(H,25,26)/t14-,16+,19-;11-,12+,15-/m11/s1. The Hall–Kier alpha value is -5.50. The largest absolute Gasteiger partial charge is 0.480 e. The van der Waals surface area contributed by atoms with Crippen LogP contribution in [-0.2, 0) is 28.7 Å². The van der Waals surface area contributed by atoms with Crippen molar-refractivity contribution in [1.29, 1.82) is 0 Å². The first-order valence-corrected chi connectivity index (χ1v) is 21.4. The smallest absolute Gasteiger partial charge is 0.407 e. The number of carboxylic acids is 2. The third-order valence-electron chi connectivity index (χ3n) is 10.2. The summed E-state index contributed by atoms with van der Waals surface area (Å²) in [5, 5.41) is 26.4. The van der Waals surface area contributed by atoms with Crippen LogP contribution in [0.5, 0.6) is 11.8 Å². The Morgan fingerprint density at radius 2 is 1.18 bits per heavy atom. The van der Waals surface area contributed by atoms with Gasteiger partial charge in [-0.25, -0.2) is 29.1 Å². The Morgan fingerprint density at radius 3 is 1.56 bits per heavy atom. The maximum absolute atomic E-state index is 13.3. The van der Waals surface area contributed by atoms with E-state index in [4.69, 9.17) is 9.47 Å². The molecule has 2 aliphatic heterocycles. The molecule has 3 aromatic rings. The maximum atomic E-state index is 13.3. The molecule has 0 saturated carbocycles. The van der Waals surface area contributed by atoms with E-state index in [2.05, 4.69) is 46.0 Å². The van der Waals surface area contributed by atoms with Crippen molar-refractivity contribution >= 4 is 63.2 Å². The maximum Gasteiger partial charge on any atom is 0.407 e. The third-order valence-corrected chi connectivity index (χ3v) is 11.5. The highest BCUT2D eigenvalue weighted by atomic mass is 79.9.